The number of anilines is 1. The van der Waals surface area contributed by atoms with Gasteiger partial charge in [0, 0.05) is 36.8 Å². The standard InChI is InChI=1S/C18H18N2O2/c1-3-10-20(18-9-6-11-22-18)17(21)12-14-13-19(2)16-8-5-4-7-15(14)16/h3-9,11,13H,1,10,12H2,2H3. The van der Waals surface area contributed by atoms with Crippen molar-refractivity contribution in [3.05, 3.63) is 67.1 Å². The molecule has 0 fully saturated rings. The number of carbonyl (C=O) groups excluding carboxylic acids is 1. The van der Waals surface area contributed by atoms with Gasteiger partial charge in [-0.05, 0) is 17.7 Å². The first-order valence-corrected chi connectivity index (χ1v) is 7.18. The van der Waals surface area contributed by atoms with Crippen molar-refractivity contribution in [3.8, 4) is 0 Å². The Labute approximate surface area is 129 Å². The summed E-state index contributed by atoms with van der Waals surface area (Å²) in [6.07, 6.45) is 5.60. The summed E-state index contributed by atoms with van der Waals surface area (Å²) in [6.45, 7) is 4.14. The number of benzene rings is 1. The van der Waals surface area contributed by atoms with Gasteiger partial charge in [-0.1, -0.05) is 24.3 Å². The van der Waals surface area contributed by atoms with Crippen LogP contribution in [0.1, 0.15) is 5.56 Å². The second kappa shape index (κ2) is 5.93. The summed E-state index contributed by atoms with van der Waals surface area (Å²) in [7, 11) is 1.99. The van der Waals surface area contributed by atoms with E-state index in [1.54, 1.807) is 29.4 Å². The molecule has 3 aromatic rings. The fraction of sp³-hybridized carbons (Fsp3) is 0.167. The van der Waals surface area contributed by atoms with Gasteiger partial charge in [0.25, 0.3) is 0 Å². The molecule has 0 bridgehead atoms. The van der Waals surface area contributed by atoms with Crippen LogP contribution in [0.15, 0.2) is 65.9 Å². The zero-order valence-corrected chi connectivity index (χ0v) is 12.5. The topological polar surface area (TPSA) is 38.4 Å². The molecule has 0 radical (unpaired) electrons. The molecule has 3 rings (SSSR count). The number of rotatable bonds is 5. The molecule has 0 aliphatic heterocycles. The van der Waals surface area contributed by atoms with Gasteiger partial charge in [0.15, 0.2) is 0 Å². The molecule has 112 valence electrons. The highest BCUT2D eigenvalue weighted by Gasteiger charge is 2.19. The van der Waals surface area contributed by atoms with Gasteiger partial charge in [-0.25, -0.2) is 0 Å². The number of aromatic nitrogens is 1. The number of hydrogen-bond donors (Lipinski definition) is 0. The largest absolute Gasteiger partial charge is 0.448 e. The molecule has 0 spiro atoms. The minimum absolute atomic E-state index is 0.00815. The van der Waals surface area contributed by atoms with Crippen LogP contribution in [0.25, 0.3) is 10.9 Å². The number of nitrogens with zero attached hydrogens (tertiary/aromatic N) is 2. The summed E-state index contributed by atoms with van der Waals surface area (Å²) in [5.41, 5.74) is 2.14. The summed E-state index contributed by atoms with van der Waals surface area (Å²) in [6, 6.07) is 11.6. The molecule has 2 aromatic heterocycles. The van der Waals surface area contributed by atoms with E-state index in [2.05, 4.69) is 12.6 Å². The van der Waals surface area contributed by atoms with Crippen LogP contribution in [0.5, 0.6) is 0 Å². The number of fused-ring (bicyclic) bond motifs is 1. The van der Waals surface area contributed by atoms with Gasteiger partial charge in [-0.3, -0.25) is 9.69 Å². The number of carbonyl (C=O) groups is 1. The van der Waals surface area contributed by atoms with Crippen LogP contribution < -0.4 is 4.90 Å². The molecule has 0 atom stereocenters. The average Bonchev–Trinajstić information content (AvgIpc) is 3.15. The third kappa shape index (κ3) is 2.55. The van der Waals surface area contributed by atoms with E-state index in [9.17, 15) is 4.79 Å². The first-order valence-electron chi connectivity index (χ1n) is 7.18. The molecule has 0 unspecified atom stereocenters. The Morgan fingerprint density at radius 3 is 2.86 bits per heavy atom. The third-order valence-electron chi connectivity index (χ3n) is 3.71. The fourth-order valence-corrected chi connectivity index (χ4v) is 2.69. The lowest BCUT2D eigenvalue weighted by Crippen LogP contribution is -2.32. The van der Waals surface area contributed by atoms with E-state index >= 15 is 0 Å². The second-order valence-corrected chi connectivity index (χ2v) is 5.20. The Hall–Kier alpha value is -2.75. The van der Waals surface area contributed by atoms with Crippen LogP contribution in [-0.2, 0) is 18.3 Å². The molecule has 0 aliphatic carbocycles. The van der Waals surface area contributed by atoms with Crippen LogP contribution in [0.4, 0.5) is 5.88 Å². The lowest BCUT2D eigenvalue weighted by molar-refractivity contribution is -0.118. The number of amides is 1. The normalized spacial score (nSPS) is 10.8. The maximum Gasteiger partial charge on any atom is 0.234 e. The highest BCUT2D eigenvalue weighted by Crippen LogP contribution is 2.22. The van der Waals surface area contributed by atoms with Gasteiger partial charge in [0.05, 0.1) is 12.7 Å². The molecular weight excluding hydrogens is 276 g/mol. The maximum absolute atomic E-state index is 12.7. The predicted octanol–water partition coefficient (Wildman–Crippen LogP) is 3.53. The molecule has 0 N–H and O–H groups in total. The van der Waals surface area contributed by atoms with Crippen molar-refractivity contribution in [3.63, 3.8) is 0 Å². The van der Waals surface area contributed by atoms with Crippen LogP contribution in [0.2, 0.25) is 0 Å². The Bertz CT molecular complexity index is 800. The Morgan fingerprint density at radius 1 is 1.32 bits per heavy atom. The summed E-state index contributed by atoms with van der Waals surface area (Å²) >= 11 is 0. The van der Waals surface area contributed by atoms with Crippen LogP contribution in [-0.4, -0.2) is 17.0 Å². The van der Waals surface area contributed by atoms with Crippen LogP contribution in [0.3, 0.4) is 0 Å². The molecule has 2 heterocycles. The number of furan rings is 1. The molecule has 0 saturated heterocycles. The first kappa shape index (κ1) is 14.2. The van der Waals surface area contributed by atoms with E-state index in [-0.39, 0.29) is 5.91 Å². The van der Waals surface area contributed by atoms with Gasteiger partial charge < -0.3 is 8.98 Å². The van der Waals surface area contributed by atoms with Crippen molar-refractivity contribution in [2.24, 2.45) is 7.05 Å². The zero-order chi connectivity index (χ0) is 15.5. The lowest BCUT2D eigenvalue weighted by Gasteiger charge is -2.17. The minimum Gasteiger partial charge on any atom is -0.448 e. The van der Waals surface area contributed by atoms with Gasteiger partial charge in [0.1, 0.15) is 0 Å². The van der Waals surface area contributed by atoms with E-state index in [0.717, 1.165) is 16.5 Å². The van der Waals surface area contributed by atoms with E-state index < -0.39 is 0 Å². The summed E-state index contributed by atoms with van der Waals surface area (Å²) in [5, 5.41) is 1.11. The zero-order valence-electron chi connectivity index (χ0n) is 12.5. The molecule has 0 saturated carbocycles. The van der Waals surface area contributed by atoms with Gasteiger partial charge >= 0.3 is 0 Å². The Morgan fingerprint density at radius 2 is 2.14 bits per heavy atom. The van der Waals surface area contributed by atoms with Gasteiger partial charge in [0.2, 0.25) is 11.8 Å². The van der Waals surface area contributed by atoms with Gasteiger partial charge in [-0.2, -0.15) is 0 Å². The highest BCUT2D eigenvalue weighted by molar-refractivity contribution is 5.97. The minimum atomic E-state index is -0.00815. The second-order valence-electron chi connectivity index (χ2n) is 5.20. The third-order valence-corrected chi connectivity index (χ3v) is 3.71. The van der Waals surface area contributed by atoms with Crippen molar-refractivity contribution in [2.75, 3.05) is 11.4 Å². The Kier molecular flexibility index (Phi) is 3.83. The average molecular weight is 294 g/mol. The smallest absolute Gasteiger partial charge is 0.234 e. The van der Waals surface area contributed by atoms with Crippen LogP contribution >= 0.6 is 0 Å². The van der Waals surface area contributed by atoms with E-state index in [4.69, 9.17) is 4.42 Å². The van der Waals surface area contributed by atoms with E-state index in [1.807, 2.05) is 36.0 Å². The SMILES string of the molecule is C=CCN(C(=O)Cc1cn(C)c2ccccc12)c1ccco1. The van der Waals surface area contributed by atoms with Crippen molar-refractivity contribution in [2.45, 2.75) is 6.42 Å². The van der Waals surface area contributed by atoms with Crippen LogP contribution in [0, 0.1) is 0 Å². The van der Waals surface area contributed by atoms with Crippen molar-refractivity contribution < 1.29 is 9.21 Å². The summed E-state index contributed by atoms with van der Waals surface area (Å²) in [5.74, 6) is 0.538. The van der Waals surface area contributed by atoms with E-state index in [1.165, 1.54) is 0 Å². The fourth-order valence-electron chi connectivity index (χ4n) is 2.69. The molecule has 4 nitrogen and oxygen atoms in total. The number of para-hydroxylation sites is 1. The van der Waals surface area contributed by atoms with Crippen molar-refractivity contribution >= 4 is 22.7 Å². The summed E-state index contributed by atoms with van der Waals surface area (Å²) < 4.78 is 7.40. The quantitative estimate of drug-likeness (QED) is 0.675. The number of hydrogen-bond acceptors (Lipinski definition) is 2. The molecular formula is C18H18N2O2. The highest BCUT2D eigenvalue weighted by atomic mass is 16.3. The maximum atomic E-state index is 12.7. The number of aryl methyl sites for hydroxylation is 1. The molecule has 1 amide bonds. The molecule has 1 aromatic carbocycles. The van der Waals surface area contributed by atoms with Crippen molar-refractivity contribution in [1.29, 1.82) is 0 Å². The van der Waals surface area contributed by atoms with Crippen molar-refractivity contribution in [1.82, 2.24) is 4.57 Å². The summed E-state index contributed by atoms with van der Waals surface area (Å²) in [4.78, 5) is 14.3. The Balaban J connectivity index is 1.90. The first-order chi connectivity index (χ1) is 10.7. The lowest BCUT2D eigenvalue weighted by atomic mass is 10.1. The van der Waals surface area contributed by atoms with Gasteiger partial charge in [-0.15, -0.1) is 6.58 Å². The van der Waals surface area contributed by atoms with E-state index in [0.29, 0.717) is 18.8 Å². The predicted molar refractivity (Wildman–Crippen MR) is 87.9 cm³/mol. The molecule has 22 heavy (non-hydrogen) atoms. The molecule has 0 aliphatic rings. The molecule has 4 heteroatoms. The monoisotopic (exact) mass is 294 g/mol.